The molecular formula is C11H16N2O. The molecule has 1 aliphatic carbocycles. The highest BCUT2D eigenvalue weighted by molar-refractivity contribution is 5.28. The summed E-state index contributed by atoms with van der Waals surface area (Å²) in [5.41, 5.74) is 2.62. The molecule has 1 aromatic rings. The minimum atomic E-state index is 0.683. The molecule has 0 aromatic carbocycles. The number of hydrogen-bond donors (Lipinski definition) is 1. The molecule has 0 atom stereocenters. The lowest BCUT2D eigenvalue weighted by atomic mass is 9.97. The van der Waals surface area contributed by atoms with Crippen molar-refractivity contribution in [2.24, 2.45) is 0 Å². The number of nitrogens with one attached hydrogen (secondary N) is 1. The van der Waals surface area contributed by atoms with E-state index in [4.69, 9.17) is 4.52 Å². The van der Waals surface area contributed by atoms with E-state index in [9.17, 15) is 0 Å². The van der Waals surface area contributed by atoms with Gasteiger partial charge in [-0.3, -0.25) is 0 Å². The SMILES string of the molecule is C1CCC(c2noc3c2CNCC3)C1. The third-order valence-corrected chi connectivity index (χ3v) is 3.47. The summed E-state index contributed by atoms with van der Waals surface area (Å²) in [4.78, 5) is 0. The van der Waals surface area contributed by atoms with Crippen LogP contribution >= 0.6 is 0 Å². The molecular weight excluding hydrogens is 176 g/mol. The summed E-state index contributed by atoms with van der Waals surface area (Å²) in [6, 6.07) is 0. The Hall–Kier alpha value is -0.830. The van der Waals surface area contributed by atoms with E-state index in [0.717, 1.165) is 25.3 Å². The molecule has 14 heavy (non-hydrogen) atoms. The summed E-state index contributed by atoms with van der Waals surface area (Å²) in [6.45, 7) is 2.00. The predicted molar refractivity (Wildman–Crippen MR) is 53.1 cm³/mol. The highest BCUT2D eigenvalue weighted by Crippen LogP contribution is 2.36. The van der Waals surface area contributed by atoms with Gasteiger partial charge in [0.05, 0.1) is 5.69 Å². The van der Waals surface area contributed by atoms with E-state index in [2.05, 4.69) is 10.5 Å². The highest BCUT2D eigenvalue weighted by Gasteiger charge is 2.27. The van der Waals surface area contributed by atoms with Crippen molar-refractivity contribution in [3.63, 3.8) is 0 Å². The van der Waals surface area contributed by atoms with Gasteiger partial charge in [0.15, 0.2) is 0 Å². The first-order valence-electron chi connectivity index (χ1n) is 5.63. The lowest BCUT2D eigenvalue weighted by Gasteiger charge is -2.13. The van der Waals surface area contributed by atoms with Gasteiger partial charge >= 0.3 is 0 Å². The van der Waals surface area contributed by atoms with E-state index in [0.29, 0.717) is 5.92 Å². The van der Waals surface area contributed by atoms with Gasteiger partial charge in [-0.1, -0.05) is 18.0 Å². The average molecular weight is 192 g/mol. The van der Waals surface area contributed by atoms with Crippen LogP contribution in [0.5, 0.6) is 0 Å². The Bertz CT molecular complexity index is 326. The van der Waals surface area contributed by atoms with Gasteiger partial charge in [0.25, 0.3) is 0 Å². The summed E-state index contributed by atoms with van der Waals surface area (Å²) in [7, 11) is 0. The van der Waals surface area contributed by atoms with Crippen LogP contribution in [0.2, 0.25) is 0 Å². The van der Waals surface area contributed by atoms with E-state index in [1.807, 2.05) is 0 Å². The van der Waals surface area contributed by atoms with Crippen molar-refractivity contribution < 1.29 is 4.52 Å². The smallest absolute Gasteiger partial charge is 0.142 e. The van der Waals surface area contributed by atoms with Gasteiger partial charge in [-0.05, 0) is 12.8 Å². The van der Waals surface area contributed by atoms with Crippen LogP contribution in [0.1, 0.15) is 48.6 Å². The van der Waals surface area contributed by atoms with Gasteiger partial charge in [0.2, 0.25) is 0 Å². The first-order chi connectivity index (χ1) is 6.95. The molecule has 0 amide bonds. The fraction of sp³-hybridized carbons (Fsp3) is 0.727. The number of aromatic nitrogens is 1. The zero-order valence-corrected chi connectivity index (χ0v) is 8.38. The molecule has 3 heteroatoms. The maximum atomic E-state index is 5.41. The minimum Gasteiger partial charge on any atom is -0.361 e. The molecule has 0 bridgehead atoms. The Balaban J connectivity index is 1.93. The molecule has 0 radical (unpaired) electrons. The zero-order chi connectivity index (χ0) is 9.38. The van der Waals surface area contributed by atoms with Crippen molar-refractivity contribution in [2.45, 2.75) is 44.6 Å². The van der Waals surface area contributed by atoms with Crippen LogP contribution in [0.25, 0.3) is 0 Å². The van der Waals surface area contributed by atoms with Crippen LogP contribution in [0, 0.1) is 0 Å². The van der Waals surface area contributed by atoms with Crippen molar-refractivity contribution >= 4 is 0 Å². The second kappa shape index (κ2) is 3.39. The lowest BCUT2D eigenvalue weighted by molar-refractivity contribution is 0.365. The number of fused-ring (bicyclic) bond motifs is 1. The Labute approximate surface area is 83.9 Å². The molecule has 2 heterocycles. The molecule has 0 saturated heterocycles. The minimum absolute atomic E-state index is 0.683. The quantitative estimate of drug-likeness (QED) is 0.739. The Morgan fingerprint density at radius 1 is 1.29 bits per heavy atom. The maximum absolute atomic E-state index is 5.41. The van der Waals surface area contributed by atoms with Gasteiger partial charge in [-0.15, -0.1) is 0 Å². The van der Waals surface area contributed by atoms with Gasteiger partial charge < -0.3 is 9.84 Å². The van der Waals surface area contributed by atoms with Gasteiger partial charge in [0.1, 0.15) is 5.76 Å². The second-order valence-electron chi connectivity index (χ2n) is 4.38. The van der Waals surface area contributed by atoms with Crippen molar-refractivity contribution in [1.29, 1.82) is 0 Å². The molecule has 1 aromatic heterocycles. The summed E-state index contributed by atoms with van der Waals surface area (Å²) < 4.78 is 5.41. The monoisotopic (exact) mass is 192 g/mol. The van der Waals surface area contributed by atoms with Gasteiger partial charge in [-0.25, -0.2) is 0 Å². The molecule has 3 nitrogen and oxygen atoms in total. The standard InChI is InChI=1S/C11H16N2O/c1-2-4-8(3-1)11-9-7-12-6-5-10(9)14-13-11/h8,12H,1-7H2. The van der Waals surface area contributed by atoms with E-state index in [1.165, 1.54) is 36.9 Å². The normalized spacial score (nSPS) is 22.6. The van der Waals surface area contributed by atoms with Crippen LogP contribution in [-0.2, 0) is 13.0 Å². The summed E-state index contributed by atoms with van der Waals surface area (Å²) in [6.07, 6.45) is 6.34. The Morgan fingerprint density at radius 3 is 3.00 bits per heavy atom. The maximum Gasteiger partial charge on any atom is 0.142 e. The van der Waals surface area contributed by atoms with Gasteiger partial charge in [-0.2, -0.15) is 0 Å². The third-order valence-electron chi connectivity index (χ3n) is 3.47. The van der Waals surface area contributed by atoms with Crippen molar-refractivity contribution in [3.8, 4) is 0 Å². The fourth-order valence-corrected chi connectivity index (χ4v) is 2.68. The van der Waals surface area contributed by atoms with Crippen LogP contribution in [0.15, 0.2) is 4.52 Å². The molecule has 1 saturated carbocycles. The molecule has 2 aliphatic rings. The third kappa shape index (κ3) is 1.27. The molecule has 3 rings (SSSR count). The average Bonchev–Trinajstić information content (AvgIpc) is 2.85. The van der Waals surface area contributed by atoms with Crippen molar-refractivity contribution in [3.05, 3.63) is 17.0 Å². The highest BCUT2D eigenvalue weighted by atomic mass is 16.5. The second-order valence-corrected chi connectivity index (χ2v) is 4.38. The number of rotatable bonds is 1. The van der Waals surface area contributed by atoms with Crippen LogP contribution in [0.4, 0.5) is 0 Å². The summed E-state index contributed by atoms with van der Waals surface area (Å²) in [5.74, 6) is 1.81. The fourth-order valence-electron chi connectivity index (χ4n) is 2.68. The van der Waals surface area contributed by atoms with Crippen LogP contribution < -0.4 is 5.32 Å². The lowest BCUT2D eigenvalue weighted by Crippen LogP contribution is -2.23. The predicted octanol–water partition coefficient (Wildman–Crippen LogP) is 1.98. The summed E-state index contributed by atoms with van der Waals surface area (Å²) in [5, 5.41) is 7.66. The largest absolute Gasteiger partial charge is 0.361 e. The van der Waals surface area contributed by atoms with Crippen LogP contribution in [0.3, 0.4) is 0 Å². The van der Waals surface area contributed by atoms with E-state index < -0.39 is 0 Å². The summed E-state index contributed by atoms with van der Waals surface area (Å²) >= 11 is 0. The molecule has 1 fully saturated rings. The molecule has 76 valence electrons. The number of hydrogen-bond acceptors (Lipinski definition) is 3. The van der Waals surface area contributed by atoms with E-state index >= 15 is 0 Å². The topological polar surface area (TPSA) is 38.1 Å². The van der Waals surface area contributed by atoms with E-state index in [1.54, 1.807) is 0 Å². The van der Waals surface area contributed by atoms with Gasteiger partial charge in [0, 0.05) is 31.0 Å². The molecule has 1 aliphatic heterocycles. The molecule has 0 spiro atoms. The Morgan fingerprint density at radius 2 is 2.14 bits per heavy atom. The number of nitrogens with zero attached hydrogens (tertiary/aromatic N) is 1. The molecule has 1 N–H and O–H groups in total. The molecule has 0 unspecified atom stereocenters. The van der Waals surface area contributed by atoms with Crippen molar-refractivity contribution in [1.82, 2.24) is 10.5 Å². The first-order valence-corrected chi connectivity index (χ1v) is 5.63. The van der Waals surface area contributed by atoms with Crippen molar-refractivity contribution in [2.75, 3.05) is 6.54 Å². The first kappa shape index (κ1) is 8.48. The Kier molecular flexibility index (Phi) is 2.05. The van der Waals surface area contributed by atoms with E-state index in [-0.39, 0.29) is 0 Å². The van der Waals surface area contributed by atoms with Crippen LogP contribution in [-0.4, -0.2) is 11.7 Å². The zero-order valence-electron chi connectivity index (χ0n) is 8.38.